The van der Waals surface area contributed by atoms with E-state index in [1.807, 2.05) is 27.2 Å². The van der Waals surface area contributed by atoms with Crippen molar-refractivity contribution >= 4 is 13.7 Å². The molecule has 0 aromatic carbocycles. The zero-order chi connectivity index (χ0) is 33.7. The van der Waals surface area contributed by atoms with E-state index in [0.29, 0.717) is 17.4 Å². The van der Waals surface area contributed by atoms with E-state index in [0.717, 1.165) is 83.5 Å². The molecule has 0 aromatic heterocycles. The number of aliphatic hydroxyl groups excluding tert-OH is 1. The Kier molecular flexibility index (Phi) is 27.3. The molecule has 0 aliphatic carbocycles. The Morgan fingerprint density at radius 3 is 2.00 bits per heavy atom. The molecule has 0 spiro atoms. The fourth-order valence-electron chi connectivity index (χ4n) is 4.17. The molecule has 0 aliphatic rings. The second-order valence-corrected chi connectivity index (χ2v) is 13.9. The van der Waals surface area contributed by atoms with E-state index in [1.54, 1.807) is 6.08 Å². The van der Waals surface area contributed by atoms with Crippen molar-refractivity contribution in [3.05, 3.63) is 60.8 Å². The highest BCUT2D eigenvalue weighted by atomic mass is 31.2. The van der Waals surface area contributed by atoms with Gasteiger partial charge in [0.15, 0.2) is 0 Å². The molecule has 0 aliphatic heterocycles. The molecule has 45 heavy (non-hydrogen) atoms. The number of hydrogen-bond acceptors (Lipinski definition) is 5. The van der Waals surface area contributed by atoms with Crippen LogP contribution in [0.15, 0.2) is 60.8 Å². The first-order valence-corrected chi connectivity index (χ1v) is 18.7. The van der Waals surface area contributed by atoms with Gasteiger partial charge >= 0.3 is 7.82 Å². The Morgan fingerprint density at radius 1 is 0.778 bits per heavy atom. The third-order valence-corrected chi connectivity index (χ3v) is 7.91. The zero-order valence-corrected chi connectivity index (χ0v) is 30.0. The van der Waals surface area contributed by atoms with Crippen LogP contribution in [0.1, 0.15) is 110 Å². The fourth-order valence-corrected chi connectivity index (χ4v) is 4.91. The molecule has 0 rings (SSSR count). The van der Waals surface area contributed by atoms with E-state index in [1.165, 1.54) is 6.42 Å². The number of quaternary nitrogens is 1. The van der Waals surface area contributed by atoms with E-state index in [-0.39, 0.29) is 19.1 Å². The Hall–Kier alpha value is -1.80. The highest BCUT2D eigenvalue weighted by Crippen LogP contribution is 2.43. The lowest BCUT2D eigenvalue weighted by atomic mass is 10.1. The summed E-state index contributed by atoms with van der Waals surface area (Å²) in [5, 5.41) is 13.6. The molecular formula is C36H66N2O6P+. The molecular weight excluding hydrogens is 587 g/mol. The quantitative estimate of drug-likeness (QED) is 0.0324. The van der Waals surface area contributed by atoms with Gasteiger partial charge in [-0.05, 0) is 64.2 Å². The summed E-state index contributed by atoms with van der Waals surface area (Å²) < 4.78 is 23.3. The van der Waals surface area contributed by atoms with Crippen LogP contribution in [0.2, 0.25) is 0 Å². The maximum Gasteiger partial charge on any atom is 0.472 e. The summed E-state index contributed by atoms with van der Waals surface area (Å²) in [5.74, 6) is -0.214. The Bertz CT molecular complexity index is 923. The van der Waals surface area contributed by atoms with Gasteiger partial charge in [0.2, 0.25) is 5.91 Å². The van der Waals surface area contributed by atoms with Crippen LogP contribution in [-0.2, 0) is 18.4 Å². The van der Waals surface area contributed by atoms with Gasteiger partial charge in [-0.15, -0.1) is 0 Å². The van der Waals surface area contributed by atoms with Gasteiger partial charge in [0.05, 0.1) is 39.9 Å². The Morgan fingerprint density at radius 2 is 1.36 bits per heavy atom. The second kappa shape index (κ2) is 28.4. The molecule has 3 N–H and O–H groups in total. The topological polar surface area (TPSA) is 105 Å². The molecule has 0 radical (unpaired) electrons. The van der Waals surface area contributed by atoms with Crippen LogP contribution in [0.25, 0.3) is 0 Å². The fraction of sp³-hybridized carbons (Fsp3) is 0.694. The molecule has 0 heterocycles. The molecule has 260 valence electrons. The van der Waals surface area contributed by atoms with Crippen LogP contribution in [0.3, 0.4) is 0 Å². The molecule has 9 heteroatoms. The maximum absolute atomic E-state index is 12.7. The van der Waals surface area contributed by atoms with Crippen molar-refractivity contribution < 1.29 is 32.9 Å². The lowest BCUT2D eigenvalue weighted by Gasteiger charge is -2.25. The predicted octanol–water partition coefficient (Wildman–Crippen LogP) is 8.34. The maximum atomic E-state index is 12.7. The summed E-state index contributed by atoms with van der Waals surface area (Å²) in [7, 11) is 1.52. The van der Waals surface area contributed by atoms with E-state index >= 15 is 0 Å². The van der Waals surface area contributed by atoms with Gasteiger partial charge in [0, 0.05) is 6.42 Å². The molecule has 0 aromatic rings. The smallest absolute Gasteiger partial charge is 0.387 e. The number of likely N-dealkylation sites (N-methyl/N-ethyl adjacent to an activating group) is 1. The molecule has 0 saturated heterocycles. The molecule has 1 amide bonds. The summed E-state index contributed by atoms with van der Waals surface area (Å²) in [6, 6.07) is -0.874. The van der Waals surface area contributed by atoms with E-state index in [9.17, 15) is 19.4 Å². The minimum absolute atomic E-state index is 0.0475. The lowest BCUT2D eigenvalue weighted by Crippen LogP contribution is -2.45. The summed E-state index contributed by atoms with van der Waals surface area (Å²) in [6.07, 6.45) is 34.4. The van der Waals surface area contributed by atoms with Crippen LogP contribution in [0, 0.1) is 0 Å². The lowest BCUT2D eigenvalue weighted by molar-refractivity contribution is -0.870. The molecule has 8 nitrogen and oxygen atoms in total. The van der Waals surface area contributed by atoms with E-state index < -0.39 is 20.0 Å². The number of carbonyl (C=O) groups is 1. The first-order chi connectivity index (χ1) is 21.5. The van der Waals surface area contributed by atoms with Crippen LogP contribution in [0.5, 0.6) is 0 Å². The van der Waals surface area contributed by atoms with Crippen LogP contribution < -0.4 is 5.32 Å². The number of allylic oxidation sites excluding steroid dienone is 9. The molecule has 0 bridgehead atoms. The number of unbranched alkanes of at least 4 members (excludes halogenated alkanes) is 8. The van der Waals surface area contributed by atoms with Gasteiger partial charge in [0.1, 0.15) is 13.2 Å². The summed E-state index contributed by atoms with van der Waals surface area (Å²) >= 11 is 0. The van der Waals surface area contributed by atoms with Gasteiger partial charge in [-0.3, -0.25) is 13.8 Å². The molecule has 0 saturated carbocycles. The third kappa shape index (κ3) is 30.6. The van der Waals surface area contributed by atoms with Crippen molar-refractivity contribution in [2.45, 2.75) is 122 Å². The van der Waals surface area contributed by atoms with Crippen molar-refractivity contribution in [3.8, 4) is 0 Å². The number of carbonyl (C=O) groups excluding carboxylic acids is 1. The normalized spacial score (nSPS) is 15.6. The van der Waals surface area contributed by atoms with E-state index in [4.69, 9.17) is 9.05 Å². The molecule has 3 unspecified atom stereocenters. The standard InChI is InChI=1S/C36H65N2O6P/c1-6-8-10-12-14-16-18-19-20-22-24-26-28-30-36(40)37-34(33-44-45(41,42)43-32-31-38(3,4)5)35(39)29-27-25-23-21-17-15-13-11-9-7-2/h9-12,16-18,21,27,29,34-35,39H,6-8,13-15,19-20,22-26,28,30-33H2,1-5H3,(H-,37,40,41,42)/p+1/b11-9+,12-10-,18-16-,21-17+,29-27+. The van der Waals surface area contributed by atoms with Crippen molar-refractivity contribution in [1.82, 2.24) is 5.32 Å². The average molecular weight is 654 g/mol. The molecule has 0 fully saturated rings. The van der Waals surface area contributed by atoms with Crippen LogP contribution in [-0.4, -0.2) is 73.4 Å². The monoisotopic (exact) mass is 653 g/mol. The highest BCUT2D eigenvalue weighted by Gasteiger charge is 2.27. The average Bonchev–Trinajstić information content (AvgIpc) is 2.97. The Labute approximate surface area is 275 Å². The number of nitrogens with one attached hydrogen (secondary N) is 1. The van der Waals surface area contributed by atoms with Crippen molar-refractivity contribution in [1.29, 1.82) is 0 Å². The minimum Gasteiger partial charge on any atom is -0.387 e. The third-order valence-electron chi connectivity index (χ3n) is 6.93. The van der Waals surface area contributed by atoms with Gasteiger partial charge in [-0.25, -0.2) is 4.57 Å². The first kappa shape index (κ1) is 43.2. The van der Waals surface area contributed by atoms with Crippen LogP contribution >= 0.6 is 7.82 Å². The van der Waals surface area contributed by atoms with Crippen molar-refractivity contribution in [2.24, 2.45) is 0 Å². The summed E-state index contributed by atoms with van der Waals surface area (Å²) in [6.45, 7) is 4.53. The SMILES string of the molecule is CC/C=C/CC/C=C/CC/C=C/C(O)C(COP(=O)(O)OCC[N+](C)(C)C)NC(=O)CCCCCCC/C=C\C/C=C\CCC. The number of rotatable bonds is 29. The minimum atomic E-state index is -4.34. The number of phosphoric acid groups is 1. The number of nitrogens with zero attached hydrogens (tertiary/aromatic N) is 1. The zero-order valence-electron chi connectivity index (χ0n) is 29.1. The molecule has 3 atom stereocenters. The van der Waals surface area contributed by atoms with Gasteiger partial charge in [-0.2, -0.15) is 0 Å². The number of hydrogen-bond donors (Lipinski definition) is 3. The number of phosphoric ester groups is 1. The Balaban J connectivity index is 4.69. The highest BCUT2D eigenvalue weighted by molar-refractivity contribution is 7.47. The largest absolute Gasteiger partial charge is 0.472 e. The van der Waals surface area contributed by atoms with Crippen molar-refractivity contribution in [3.63, 3.8) is 0 Å². The van der Waals surface area contributed by atoms with Gasteiger partial charge < -0.3 is 19.8 Å². The van der Waals surface area contributed by atoms with Gasteiger partial charge in [-0.1, -0.05) is 100 Å². The number of aliphatic hydroxyl groups is 1. The van der Waals surface area contributed by atoms with Crippen molar-refractivity contribution in [2.75, 3.05) is 40.9 Å². The van der Waals surface area contributed by atoms with E-state index in [2.05, 4.69) is 67.8 Å². The summed E-state index contributed by atoms with van der Waals surface area (Å²) in [5.41, 5.74) is 0. The number of amides is 1. The van der Waals surface area contributed by atoms with Gasteiger partial charge in [0.25, 0.3) is 0 Å². The van der Waals surface area contributed by atoms with Crippen LogP contribution in [0.4, 0.5) is 0 Å². The predicted molar refractivity (Wildman–Crippen MR) is 189 cm³/mol. The first-order valence-electron chi connectivity index (χ1n) is 17.2. The summed E-state index contributed by atoms with van der Waals surface area (Å²) in [4.78, 5) is 22.9. The second-order valence-electron chi connectivity index (χ2n) is 12.5.